The Hall–Kier alpha value is -0.0800. The standard InChI is InChI=1S/C28H58O2/c1-21(2)17-27(23(5,6)7,24(8,9)10)19-29-30-20-28(18-22(3)4,25(11,12)13)26(14,15)16/h21-22H,17-20H2,1-16H3. The van der Waals surface area contributed by atoms with Gasteiger partial charge in [0.1, 0.15) is 0 Å². The zero-order valence-corrected chi connectivity index (χ0v) is 23.8. The van der Waals surface area contributed by atoms with Crippen molar-refractivity contribution in [2.24, 2.45) is 44.3 Å². The molecule has 0 amide bonds. The van der Waals surface area contributed by atoms with Gasteiger partial charge in [-0.05, 0) is 46.3 Å². The summed E-state index contributed by atoms with van der Waals surface area (Å²) in [5.74, 6) is 1.22. The van der Waals surface area contributed by atoms with Gasteiger partial charge in [0.2, 0.25) is 0 Å². The third kappa shape index (κ3) is 6.71. The molecule has 2 heteroatoms. The Morgan fingerprint density at radius 2 is 0.633 bits per heavy atom. The summed E-state index contributed by atoms with van der Waals surface area (Å²) in [6, 6.07) is 0. The van der Waals surface area contributed by atoms with Gasteiger partial charge in [0.05, 0.1) is 13.2 Å². The number of rotatable bonds is 9. The largest absolute Gasteiger partial charge is 0.236 e. The second-order valence-corrected chi connectivity index (χ2v) is 14.9. The lowest BCUT2D eigenvalue weighted by Crippen LogP contribution is -2.52. The molecule has 0 aromatic carbocycles. The molecule has 0 unspecified atom stereocenters. The summed E-state index contributed by atoms with van der Waals surface area (Å²) in [4.78, 5) is 12.4. The van der Waals surface area contributed by atoms with Crippen LogP contribution in [0.3, 0.4) is 0 Å². The minimum Gasteiger partial charge on any atom is -0.236 e. The Morgan fingerprint density at radius 1 is 0.433 bits per heavy atom. The van der Waals surface area contributed by atoms with Gasteiger partial charge in [0.25, 0.3) is 0 Å². The molecular weight excluding hydrogens is 368 g/mol. The van der Waals surface area contributed by atoms with Crippen LogP contribution in [0.1, 0.15) is 124 Å². The fraction of sp³-hybridized carbons (Fsp3) is 1.00. The predicted molar refractivity (Wildman–Crippen MR) is 134 cm³/mol. The van der Waals surface area contributed by atoms with Crippen LogP contribution >= 0.6 is 0 Å². The fourth-order valence-electron chi connectivity index (χ4n) is 6.14. The highest BCUT2D eigenvalue weighted by molar-refractivity contribution is 5.00. The van der Waals surface area contributed by atoms with E-state index >= 15 is 0 Å². The third-order valence-electron chi connectivity index (χ3n) is 7.95. The van der Waals surface area contributed by atoms with Crippen molar-refractivity contribution in [3.05, 3.63) is 0 Å². The summed E-state index contributed by atoms with van der Waals surface area (Å²) in [6.45, 7) is 38.8. The summed E-state index contributed by atoms with van der Waals surface area (Å²) < 4.78 is 0. The van der Waals surface area contributed by atoms with Gasteiger partial charge >= 0.3 is 0 Å². The van der Waals surface area contributed by atoms with Gasteiger partial charge in [0.15, 0.2) is 0 Å². The molecule has 0 aromatic rings. The summed E-state index contributed by atoms with van der Waals surface area (Å²) in [5.41, 5.74) is 0.504. The highest BCUT2D eigenvalue weighted by Crippen LogP contribution is 2.57. The monoisotopic (exact) mass is 426 g/mol. The van der Waals surface area contributed by atoms with Crippen LogP contribution in [0.15, 0.2) is 0 Å². The fourth-order valence-corrected chi connectivity index (χ4v) is 6.14. The average Bonchev–Trinajstić information content (AvgIpc) is 2.43. The van der Waals surface area contributed by atoms with Crippen molar-refractivity contribution in [3.8, 4) is 0 Å². The molecule has 0 saturated heterocycles. The van der Waals surface area contributed by atoms with Gasteiger partial charge < -0.3 is 0 Å². The third-order valence-corrected chi connectivity index (χ3v) is 7.95. The summed E-state index contributed by atoms with van der Waals surface area (Å²) in [6.07, 6.45) is 2.25. The van der Waals surface area contributed by atoms with Crippen LogP contribution in [0.4, 0.5) is 0 Å². The molecule has 0 radical (unpaired) electrons. The van der Waals surface area contributed by atoms with Crippen molar-refractivity contribution in [1.29, 1.82) is 0 Å². The lowest BCUT2D eigenvalue weighted by atomic mass is 9.51. The quantitative estimate of drug-likeness (QED) is 0.208. The van der Waals surface area contributed by atoms with E-state index in [1.807, 2.05) is 0 Å². The minimum atomic E-state index is 0.0261. The molecule has 182 valence electrons. The normalized spacial score (nSPS) is 15.4. The molecule has 0 spiro atoms. The first-order chi connectivity index (χ1) is 13.0. The maximum absolute atomic E-state index is 6.18. The molecule has 0 aliphatic rings. The van der Waals surface area contributed by atoms with E-state index in [-0.39, 0.29) is 32.5 Å². The molecule has 0 N–H and O–H groups in total. The highest BCUT2D eigenvalue weighted by atomic mass is 17.2. The predicted octanol–water partition coefficient (Wildman–Crippen LogP) is 9.18. The van der Waals surface area contributed by atoms with Gasteiger partial charge in [-0.3, -0.25) is 0 Å². The summed E-state index contributed by atoms with van der Waals surface area (Å²) in [5, 5.41) is 0. The van der Waals surface area contributed by atoms with Gasteiger partial charge in [-0.25, -0.2) is 9.78 Å². The Balaban J connectivity index is 5.81. The van der Waals surface area contributed by atoms with Gasteiger partial charge in [-0.1, -0.05) is 111 Å². The molecule has 30 heavy (non-hydrogen) atoms. The van der Waals surface area contributed by atoms with Crippen LogP contribution in [-0.2, 0) is 9.78 Å². The van der Waals surface area contributed by atoms with Gasteiger partial charge in [-0.15, -0.1) is 0 Å². The van der Waals surface area contributed by atoms with Crippen molar-refractivity contribution < 1.29 is 9.78 Å². The van der Waals surface area contributed by atoms with Gasteiger partial charge in [-0.2, -0.15) is 0 Å². The highest BCUT2D eigenvalue weighted by Gasteiger charge is 2.53. The first-order valence-electron chi connectivity index (χ1n) is 12.3. The molecule has 2 nitrogen and oxygen atoms in total. The van der Waals surface area contributed by atoms with E-state index in [0.717, 1.165) is 12.8 Å². The van der Waals surface area contributed by atoms with Crippen LogP contribution in [-0.4, -0.2) is 13.2 Å². The zero-order valence-electron chi connectivity index (χ0n) is 23.8. The molecule has 0 aliphatic carbocycles. The molecule has 0 saturated carbocycles. The maximum atomic E-state index is 6.18. The van der Waals surface area contributed by atoms with Crippen LogP contribution in [0.5, 0.6) is 0 Å². The van der Waals surface area contributed by atoms with Crippen LogP contribution in [0.25, 0.3) is 0 Å². The SMILES string of the molecule is CC(C)CC(COOCC(CC(C)C)(C(C)(C)C)C(C)(C)C)(C(C)(C)C)C(C)(C)C. The Morgan fingerprint density at radius 3 is 0.767 bits per heavy atom. The van der Waals surface area contributed by atoms with E-state index in [1.54, 1.807) is 0 Å². The maximum Gasteiger partial charge on any atom is 0.0888 e. The van der Waals surface area contributed by atoms with Crippen LogP contribution < -0.4 is 0 Å². The van der Waals surface area contributed by atoms with Crippen LogP contribution in [0, 0.1) is 44.3 Å². The number of hydrogen-bond donors (Lipinski definition) is 0. The molecule has 0 heterocycles. The molecule has 0 atom stereocenters. The van der Waals surface area contributed by atoms with Crippen LogP contribution in [0.2, 0.25) is 0 Å². The molecule has 0 bridgehead atoms. The minimum absolute atomic E-state index is 0.0261. The van der Waals surface area contributed by atoms with E-state index in [2.05, 4.69) is 111 Å². The van der Waals surface area contributed by atoms with Crippen molar-refractivity contribution >= 4 is 0 Å². The van der Waals surface area contributed by atoms with Crippen molar-refractivity contribution in [1.82, 2.24) is 0 Å². The smallest absolute Gasteiger partial charge is 0.0888 e. The second kappa shape index (κ2) is 9.82. The molecular formula is C28H58O2. The molecule has 0 aromatic heterocycles. The topological polar surface area (TPSA) is 18.5 Å². The Labute approximate surface area is 191 Å². The van der Waals surface area contributed by atoms with E-state index in [0.29, 0.717) is 25.0 Å². The Bertz CT molecular complexity index is 425. The summed E-state index contributed by atoms with van der Waals surface area (Å²) >= 11 is 0. The van der Waals surface area contributed by atoms with E-state index < -0.39 is 0 Å². The average molecular weight is 427 g/mol. The van der Waals surface area contributed by atoms with Crippen molar-refractivity contribution in [2.75, 3.05) is 13.2 Å². The molecule has 0 fully saturated rings. The van der Waals surface area contributed by atoms with E-state index in [9.17, 15) is 0 Å². The van der Waals surface area contributed by atoms with Gasteiger partial charge in [0, 0.05) is 10.8 Å². The summed E-state index contributed by atoms with van der Waals surface area (Å²) in [7, 11) is 0. The lowest BCUT2D eigenvalue weighted by molar-refractivity contribution is -0.352. The van der Waals surface area contributed by atoms with E-state index in [4.69, 9.17) is 9.78 Å². The van der Waals surface area contributed by atoms with Crippen molar-refractivity contribution in [2.45, 2.75) is 124 Å². The lowest BCUT2D eigenvalue weighted by Gasteiger charge is -2.55. The van der Waals surface area contributed by atoms with E-state index in [1.165, 1.54) is 0 Å². The number of hydrogen-bond acceptors (Lipinski definition) is 2. The molecule has 0 rings (SSSR count). The van der Waals surface area contributed by atoms with Crippen molar-refractivity contribution in [3.63, 3.8) is 0 Å². The first-order valence-corrected chi connectivity index (χ1v) is 12.3. The Kier molecular flexibility index (Phi) is 9.79. The molecule has 0 aliphatic heterocycles. The first kappa shape index (κ1) is 29.9. The zero-order chi connectivity index (χ0) is 24.4. The second-order valence-electron chi connectivity index (χ2n) is 14.9.